The van der Waals surface area contributed by atoms with Crippen LogP contribution >= 0.6 is 0 Å². The van der Waals surface area contributed by atoms with Crippen LogP contribution in [-0.2, 0) is 4.79 Å². The number of fused-ring (bicyclic) bond motifs is 15. The number of hydrogen-bond acceptors (Lipinski definition) is 10. The van der Waals surface area contributed by atoms with E-state index in [1.165, 1.54) is 45.9 Å². The van der Waals surface area contributed by atoms with Crippen molar-refractivity contribution in [3.05, 3.63) is 69.0 Å². The van der Waals surface area contributed by atoms with Crippen molar-refractivity contribution in [2.45, 2.75) is 86.7 Å². The summed E-state index contributed by atoms with van der Waals surface area (Å²) in [5.41, 5.74) is -2.20. The molecule has 0 saturated heterocycles. The maximum Gasteiger partial charge on any atom is 0.251 e. The molecule has 7 N–H and O–H groups in total. The summed E-state index contributed by atoms with van der Waals surface area (Å²) in [5, 5.41) is 68.8. The molecule has 47 heavy (non-hydrogen) atoms. The van der Waals surface area contributed by atoms with Gasteiger partial charge in [0.15, 0.2) is 11.6 Å². The summed E-state index contributed by atoms with van der Waals surface area (Å²) in [5.74, 6) is -8.21. The molecule has 4 rings (SSSR count). The predicted molar refractivity (Wildman–Crippen MR) is 175 cm³/mol. The number of carbonyl (C=O) groups is 4. The maximum atomic E-state index is 13.9. The highest BCUT2D eigenvalue weighted by molar-refractivity contribution is 6.32. The lowest BCUT2D eigenvalue weighted by molar-refractivity contribution is -0.116. The lowest BCUT2D eigenvalue weighted by atomic mass is 9.77. The Morgan fingerprint density at radius 3 is 1.60 bits per heavy atom. The average Bonchev–Trinajstić information content (AvgIpc) is 3.04. The second-order valence-electron chi connectivity index (χ2n) is 13.2. The Balaban J connectivity index is 2.24. The summed E-state index contributed by atoms with van der Waals surface area (Å²) in [6.45, 7) is 13.6. The van der Waals surface area contributed by atoms with Gasteiger partial charge in [0.2, 0.25) is 5.78 Å². The van der Waals surface area contributed by atoms with Gasteiger partial charge < -0.3 is 36.0 Å². The molecule has 9 atom stereocenters. The molecule has 0 spiro atoms. The Bertz CT molecular complexity index is 1600. The second kappa shape index (κ2) is 14.5. The summed E-state index contributed by atoms with van der Waals surface area (Å²) >= 11 is 0. The van der Waals surface area contributed by atoms with Crippen LogP contribution in [0.5, 0.6) is 11.5 Å². The standard InChI is InChI=1S/C36H47NO10/c1-14-11-10-12-15(2)36(47)37-26-18(5)32(43)23-24(33(44)22(9)34(45)25(23)35(26)46)29(40)17(4)13-16(3)28(39)20(7)31(42)21(8)30(41)19(6)27(14)38/h10-14,16,19-21,27-28,30-31,38-39,41-42,44-45H,1-9H3,(H,37,47)/b11-10-,15-12+,17-13+/t14-,16-,19-,20-,21-,27+,28-,30-,31-/m1/s1. The van der Waals surface area contributed by atoms with Gasteiger partial charge in [-0.25, -0.2) is 0 Å². The average molecular weight is 654 g/mol. The zero-order valence-electron chi connectivity index (χ0n) is 28.3. The Kier molecular flexibility index (Phi) is 11.6. The Morgan fingerprint density at radius 1 is 0.596 bits per heavy atom. The smallest absolute Gasteiger partial charge is 0.251 e. The fourth-order valence-corrected chi connectivity index (χ4v) is 6.33. The molecule has 1 aromatic rings. The molecule has 1 aliphatic carbocycles. The first kappa shape index (κ1) is 37.6. The van der Waals surface area contributed by atoms with E-state index in [1.807, 2.05) is 0 Å². The maximum absolute atomic E-state index is 13.9. The molecule has 0 fully saturated rings. The number of rotatable bonds is 0. The first-order valence-electron chi connectivity index (χ1n) is 15.8. The van der Waals surface area contributed by atoms with Crippen LogP contribution in [0.1, 0.15) is 92.0 Å². The predicted octanol–water partition coefficient (Wildman–Crippen LogP) is 3.44. The number of aliphatic hydroxyl groups is 4. The molecule has 1 amide bonds. The highest BCUT2D eigenvalue weighted by atomic mass is 16.3. The van der Waals surface area contributed by atoms with E-state index < -0.39 is 111 Å². The van der Waals surface area contributed by atoms with E-state index in [9.17, 15) is 49.8 Å². The molecule has 0 radical (unpaired) electrons. The zero-order chi connectivity index (χ0) is 35.8. The Morgan fingerprint density at radius 2 is 1.06 bits per heavy atom. The highest BCUT2D eigenvalue weighted by Gasteiger charge is 2.41. The van der Waals surface area contributed by atoms with Gasteiger partial charge in [-0.05, 0) is 33.3 Å². The normalized spacial score (nSPS) is 34.8. The molecule has 0 unspecified atom stereocenters. The van der Waals surface area contributed by atoms with Crippen molar-refractivity contribution in [1.82, 2.24) is 5.32 Å². The minimum atomic E-state index is -1.21. The van der Waals surface area contributed by atoms with Crippen LogP contribution in [0.2, 0.25) is 0 Å². The Hall–Kier alpha value is -3.90. The zero-order valence-corrected chi connectivity index (χ0v) is 28.3. The van der Waals surface area contributed by atoms with E-state index in [0.717, 1.165) is 0 Å². The van der Waals surface area contributed by atoms with Crippen molar-refractivity contribution in [3.8, 4) is 11.5 Å². The highest BCUT2D eigenvalue weighted by Crippen LogP contribution is 2.43. The van der Waals surface area contributed by atoms with Gasteiger partial charge in [-0.1, -0.05) is 58.9 Å². The van der Waals surface area contributed by atoms with Gasteiger partial charge in [0, 0.05) is 46.3 Å². The molecule has 0 aromatic heterocycles. The molecule has 0 saturated carbocycles. The molecular formula is C36H47NO10. The second-order valence-corrected chi connectivity index (χ2v) is 13.2. The van der Waals surface area contributed by atoms with Gasteiger partial charge >= 0.3 is 0 Å². The van der Waals surface area contributed by atoms with Crippen molar-refractivity contribution in [2.24, 2.45) is 29.6 Å². The third kappa shape index (κ3) is 7.03. The van der Waals surface area contributed by atoms with Crippen LogP contribution in [0.3, 0.4) is 0 Å². The van der Waals surface area contributed by atoms with Gasteiger partial charge in [-0.15, -0.1) is 0 Å². The summed E-state index contributed by atoms with van der Waals surface area (Å²) in [6.07, 6.45) is 1.42. The van der Waals surface area contributed by atoms with Gasteiger partial charge in [0.1, 0.15) is 11.5 Å². The van der Waals surface area contributed by atoms with Gasteiger partial charge in [-0.3, -0.25) is 19.2 Å². The van der Waals surface area contributed by atoms with Crippen molar-refractivity contribution < 1.29 is 49.8 Å². The van der Waals surface area contributed by atoms with E-state index in [4.69, 9.17) is 0 Å². The van der Waals surface area contributed by atoms with Crippen LogP contribution in [0.15, 0.2) is 46.7 Å². The van der Waals surface area contributed by atoms with E-state index in [-0.39, 0.29) is 22.3 Å². The van der Waals surface area contributed by atoms with Crippen LogP contribution < -0.4 is 5.32 Å². The quantitative estimate of drug-likeness (QED) is 0.217. The van der Waals surface area contributed by atoms with Crippen molar-refractivity contribution >= 4 is 23.3 Å². The number of aliphatic hydroxyl groups excluding tert-OH is 4. The van der Waals surface area contributed by atoms with Crippen LogP contribution in [0, 0.1) is 36.5 Å². The summed E-state index contributed by atoms with van der Waals surface area (Å²) in [6, 6.07) is 0. The fourth-order valence-electron chi connectivity index (χ4n) is 6.33. The third-order valence-corrected chi connectivity index (χ3v) is 9.85. The van der Waals surface area contributed by atoms with Gasteiger partial charge in [0.25, 0.3) is 5.91 Å². The number of aromatic hydroxyl groups is 2. The molecule has 3 aliphatic rings. The fraction of sp³-hybridized carbons (Fsp3) is 0.500. The van der Waals surface area contributed by atoms with E-state index in [1.54, 1.807) is 40.7 Å². The number of allylic oxidation sites excluding steroid dienone is 5. The largest absolute Gasteiger partial charge is 0.507 e. The van der Waals surface area contributed by atoms with Crippen LogP contribution in [0.25, 0.3) is 0 Å². The van der Waals surface area contributed by atoms with Gasteiger partial charge in [-0.2, -0.15) is 0 Å². The van der Waals surface area contributed by atoms with E-state index >= 15 is 0 Å². The van der Waals surface area contributed by atoms with Crippen LogP contribution in [-0.4, -0.2) is 78.3 Å². The van der Waals surface area contributed by atoms with E-state index in [2.05, 4.69) is 5.32 Å². The molecule has 256 valence electrons. The number of phenolic OH excluding ortho intramolecular Hbond substituents is 2. The first-order chi connectivity index (χ1) is 21.8. The molecule has 4 bridgehead atoms. The van der Waals surface area contributed by atoms with Crippen molar-refractivity contribution in [1.29, 1.82) is 0 Å². The number of amides is 1. The topological polar surface area (TPSA) is 202 Å². The molecule has 1 aromatic carbocycles. The summed E-state index contributed by atoms with van der Waals surface area (Å²) in [7, 11) is 0. The number of benzene rings is 1. The number of nitrogens with one attached hydrogen (secondary N) is 1. The number of phenols is 2. The minimum absolute atomic E-state index is 0.00674. The number of Topliss-reactive ketones (excluding diaryl/α,β-unsaturated/α-hetero) is 3. The third-order valence-electron chi connectivity index (χ3n) is 9.85. The Labute approximate surface area is 275 Å². The van der Waals surface area contributed by atoms with Gasteiger partial charge in [0.05, 0.1) is 46.8 Å². The number of hydrogen-bond donors (Lipinski definition) is 7. The summed E-state index contributed by atoms with van der Waals surface area (Å²) < 4.78 is 0. The molecule has 11 heteroatoms. The molecule has 2 heterocycles. The van der Waals surface area contributed by atoms with Crippen molar-refractivity contribution in [2.75, 3.05) is 0 Å². The number of carbonyl (C=O) groups excluding carboxylic acids is 4. The minimum Gasteiger partial charge on any atom is -0.507 e. The van der Waals surface area contributed by atoms with Crippen LogP contribution in [0.4, 0.5) is 0 Å². The SMILES string of the molecule is CC1=C2NC(=O)/C(C)=C/C=C\[C@@H](C)[C@H](O)[C@@H](C)[C@@H](O)[C@@H](C)[C@H](O)[C@H](C)[C@H](O)[C@H](C)/C=C(\C)C(=O)c3c(O)c(C)c(O)c(c3C1=O)C2=O. The lowest BCUT2D eigenvalue weighted by Gasteiger charge is -2.36. The number of ketones is 3. The van der Waals surface area contributed by atoms with Crippen molar-refractivity contribution in [3.63, 3.8) is 0 Å². The molecule has 2 aliphatic heterocycles. The van der Waals surface area contributed by atoms with E-state index in [0.29, 0.717) is 0 Å². The molecule has 11 nitrogen and oxygen atoms in total. The molecular weight excluding hydrogens is 606 g/mol. The first-order valence-corrected chi connectivity index (χ1v) is 15.8. The monoisotopic (exact) mass is 653 g/mol. The lowest BCUT2D eigenvalue weighted by Crippen LogP contribution is -2.45. The summed E-state index contributed by atoms with van der Waals surface area (Å²) in [4.78, 5) is 54.4.